The smallest absolute Gasteiger partial charge is 0.0626 e. The highest BCUT2D eigenvalue weighted by atomic mass is 35.5. The van der Waals surface area contributed by atoms with Crippen LogP contribution in [0, 0.1) is 6.92 Å². The average Bonchev–Trinajstić information content (AvgIpc) is 2.32. The lowest BCUT2D eigenvalue weighted by molar-refractivity contribution is 0.915. The summed E-state index contributed by atoms with van der Waals surface area (Å²) in [4.78, 5) is 3.96. The average molecular weight is 266 g/mol. The topological polar surface area (TPSA) is 12.9 Å². The predicted molar refractivity (Wildman–Crippen MR) is 72.7 cm³/mol. The maximum Gasteiger partial charge on any atom is 0.0626 e. The van der Waals surface area contributed by atoms with Gasteiger partial charge in [0.2, 0.25) is 0 Å². The summed E-state index contributed by atoms with van der Waals surface area (Å²) < 4.78 is 0. The molecule has 0 radical (unpaired) electrons. The minimum Gasteiger partial charge on any atom is -0.263 e. The van der Waals surface area contributed by atoms with Crippen molar-refractivity contribution >= 4 is 23.2 Å². The molecule has 0 amide bonds. The van der Waals surface area contributed by atoms with Gasteiger partial charge >= 0.3 is 0 Å². The van der Waals surface area contributed by atoms with Gasteiger partial charge in [0.05, 0.1) is 10.4 Å². The van der Waals surface area contributed by atoms with E-state index in [1.807, 2.05) is 18.2 Å². The second kappa shape index (κ2) is 5.52. The van der Waals surface area contributed by atoms with Crippen LogP contribution in [0.1, 0.15) is 22.1 Å². The first-order valence-corrected chi connectivity index (χ1v) is 6.27. The highest BCUT2D eigenvalue weighted by molar-refractivity contribution is 6.31. The molecule has 0 spiro atoms. The summed E-state index contributed by atoms with van der Waals surface area (Å²) in [6, 6.07) is 10.1. The Morgan fingerprint density at radius 2 is 2.12 bits per heavy atom. The van der Waals surface area contributed by atoms with Gasteiger partial charge in [-0.05, 0) is 30.5 Å². The van der Waals surface area contributed by atoms with Gasteiger partial charge in [-0.3, -0.25) is 4.98 Å². The Morgan fingerprint density at radius 3 is 2.82 bits per heavy atom. The number of halogens is 2. The second-order valence-electron chi connectivity index (χ2n) is 4.05. The molecule has 3 heteroatoms. The van der Waals surface area contributed by atoms with Crippen molar-refractivity contribution in [3.8, 4) is 0 Å². The van der Waals surface area contributed by atoms with Gasteiger partial charge in [-0.2, -0.15) is 0 Å². The van der Waals surface area contributed by atoms with E-state index in [9.17, 15) is 0 Å². The summed E-state index contributed by atoms with van der Waals surface area (Å²) in [6.45, 7) is 2.06. The molecular weight excluding hydrogens is 253 g/mol. The molecule has 1 aromatic heterocycles. The van der Waals surface area contributed by atoms with Crippen LogP contribution in [0.4, 0.5) is 0 Å². The van der Waals surface area contributed by atoms with Crippen molar-refractivity contribution in [3.63, 3.8) is 0 Å². The zero-order valence-electron chi connectivity index (χ0n) is 9.53. The third-order valence-corrected chi connectivity index (χ3v) is 3.41. The first kappa shape index (κ1) is 12.4. The summed E-state index contributed by atoms with van der Waals surface area (Å²) in [7, 11) is 0. The van der Waals surface area contributed by atoms with Crippen molar-refractivity contribution in [3.05, 3.63) is 64.4 Å². The minimum absolute atomic E-state index is 0.0604. The molecule has 0 fully saturated rings. The monoisotopic (exact) mass is 265 g/mol. The van der Waals surface area contributed by atoms with Gasteiger partial charge in [-0.25, -0.2) is 0 Å². The van der Waals surface area contributed by atoms with Gasteiger partial charge < -0.3 is 0 Å². The number of nitrogens with zero attached hydrogens (tertiary/aromatic N) is 1. The van der Waals surface area contributed by atoms with Gasteiger partial charge in [-0.1, -0.05) is 41.4 Å². The van der Waals surface area contributed by atoms with Crippen molar-refractivity contribution in [1.29, 1.82) is 0 Å². The maximum absolute atomic E-state index is 6.41. The van der Waals surface area contributed by atoms with Gasteiger partial charge in [0.1, 0.15) is 0 Å². The molecule has 1 unspecified atom stereocenters. The predicted octanol–water partition coefficient (Wildman–Crippen LogP) is 4.57. The molecule has 0 bridgehead atoms. The fourth-order valence-corrected chi connectivity index (χ4v) is 2.24. The van der Waals surface area contributed by atoms with Crippen LogP contribution in [0.5, 0.6) is 0 Å². The molecular formula is C14H13Cl2N. The first-order chi connectivity index (χ1) is 8.16. The third-order valence-electron chi connectivity index (χ3n) is 2.66. The number of hydrogen-bond acceptors (Lipinski definition) is 1. The fourth-order valence-electron chi connectivity index (χ4n) is 1.75. The van der Waals surface area contributed by atoms with Crippen molar-refractivity contribution < 1.29 is 0 Å². The summed E-state index contributed by atoms with van der Waals surface area (Å²) in [5.41, 5.74) is 3.37. The molecule has 1 nitrogen and oxygen atoms in total. The molecule has 2 rings (SSSR count). The van der Waals surface area contributed by atoms with E-state index in [1.165, 1.54) is 5.56 Å². The Bertz CT molecular complexity index is 511. The molecule has 0 saturated heterocycles. The van der Waals surface area contributed by atoms with Crippen LogP contribution in [0.15, 0.2) is 42.7 Å². The number of hydrogen-bond donors (Lipinski definition) is 0. The summed E-state index contributed by atoms with van der Waals surface area (Å²) in [5.74, 6) is 0. The molecule has 0 aliphatic heterocycles. The van der Waals surface area contributed by atoms with E-state index in [-0.39, 0.29) is 5.38 Å². The van der Waals surface area contributed by atoms with Crippen LogP contribution in [0.25, 0.3) is 0 Å². The van der Waals surface area contributed by atoms with Crippen LogP contribution in [0.2, 0.25) is 5.02 Å². The van der Waals surface area contributed by atoms with E-state index in [0.717, 1.165) is 11.1 Å². The van der Waals surface area contributed by atoms with Crippen LogP contribution in [-0.2, 0) is 6.42 Å². The van der Waals surface area contributed by atoms with Crippen molar-refractivity contribution in [2.75, 3.05) is 0 Å². The number of aryl methyl sites for hydroxylation is 1. The van der Waals surface area contributed by atoms with Crippen molar-refractivity contribution in [2.24, 2.45) is 0 Å². The standard InChI is InChI=1S/C14H13Cl2N/c1-10-3-2-4-11(7-10)13(15)8-12-5-6-17-9-14(12)16/h2-7,9,13H,8H2,1H3. The van der Waals surface area contributed by atoms with Crippen LogP contribution >= 0.6 is 23.2 Å². The maximum atomic E-state index is 6.41. The fraction of sp³-hybridized carbons (Fsp3) is 0.214. The number of benzene rings is 1. The van der Waals surface area contributed by atoms with Gasteiger partial charge in [0, 0.05) is 12.4 Å². The van der Waals surface area contributed by atoms with E-state index < -0.39 is 0 Å². The van der Waals surface area contributed by atoms with Crippen molar-refractivity contribution in [1.82, 2.24) is 4.98 Å². The molecule has 1 aromatic carbocycles. The van der Waals surface area contributed by atoms with Gasteiger partial charge in [0.15, 0.2) is 0 Å². The lowest BCUT2D eigenvalue weighted by Crippen LogP contribution is -1.97. The van der Waals surface area contributed by atoms with Crippen molar-refractivity contribution in [2.45, 2.75) is 18.7 Å². The zero-order valence-corrected chi connectivity index (χ0v) is 11.0. The third kappa shape index (κ3) is 3.21. The summed E-state index contributed by atoms with van der Waals surface area (Å²) in [6.07, 6.45) is 4.10. The molecule has 0 aliphatic rings. The lowest BCUT2D eigenvalue weighted by Gasteiger charge is -2.11. The van der Waals surface area contributed by atoms with E-state index in [0.29, 0.717) is 11.4 Å². The largest absolute Gasteiger partial charge is 0.263 e. The van der Waals surface area contributed by atoms with E-state index in [2.05, 4.69) is 24.0 Å². The lowest BCUT2D eigenvalue weighted by atomic mass is 10.0. The molecule has 0 saturated carbocycles. The number of pyridine rings is 1. The van der Waals surface area contributed by atoms with Crippen LogP contribution < -0.4 is 0 Å². The molecule has 2 aromatic rings. The molecule has 0 aliphatic carbocycles. The molecule has 17 heavy (non-hydrogen) atoms. The Kier molecular flexibility index (Phi) is 4.03. The summed E-state index contributed by atoms with van der Waals surface area (Å²) in [5, 5.41) is 0.612. The highest BCUT2D eigenvalue weighted by Gasteiger charge is 2.11. The normalized spacial score (nSPS) is 12.4. The SMILES string of the molecule is Cc1cccc(C(Cl)Cc2ccncc2Cl)c1. The van der Waals surface area contributed by atoms with E-state index >= 15 is 0 Å². The molecule has 1 atom stereocenters. The quantitative estimate of drug-likeness (QED) is 0.742. The van der Waals surface area contributed by atoms with Gasteiger partial charge in [0.25, 0.3) is 0 Å². The number of aromatic nitrogens is 1. The number of rotatable bonds is 3. The molecule has 0 N–H and O–H groups in total. The van der Waals surface area contributed by atoms with Crippen LogP contribution in [0.3, 0.4) is 0 Å². The molecule has 88 valence electrons. The summed E-state index contributed by atoms with van der Waals surface area (Å²) >= 11 is 12.5. The Balaban J connectivity index is 2.17. The second-order valence-corrected chi connectivity index (χ2v) is 4.99. The highest BCUT2D eigenvalue weighted by Crippen LogP contribution is 2.28. The number of alkyl halides is 1. The Labute approximate surface area is 111 Å². The Morgan fingerprint density at radius 1 is 1.29 bits per heavy atom. The van der Waals surface area contributed by atoms with E-state index in [1.54, 1.807) is 12.4 Å². The van der Waals surface area contributed by atoms with Crippen LogP contribution in [-0.4, -0.2) is 4.98 Å². The first-order valence-electron chi connectivity index (χ1n) is 5.46. The van der Waals surface area contributed by atoms with E-state index in [4.69, 9.17) is 23.2 Å². The Hall–Kier alpha value is -1.05. The minimum atomic E-state index is -0.0604. The molecule has 1 heterocycles. The van der Waals surface area contributed by atoms with Gasteiger partial charge in [-0.15, -0.1) is 11.6 Å². The zero-order chi connectivity index (χ0) is 12.3.